The fraction of sp³-hybridized carbons (Fsp3) is 0.375. The molecule has 0 saturated heterocycles. The van der Waals surface area contributed by atoms with E-state index < -0.39 is 11.6 Å². The highest BCUT2D eigenvalue weighted by molar-refractivity contribution is 5.26. The molecule has 0 saturated carbocycles. The van der Waals surface area contributed by atoms with Crippen LogP contribution in [0.25, 0.3) is 0 Å². The number of halogens is 2. The van der Waals surface area contributed by atoms with Gasteiger partial charge in [-0.1, -0.05) is 13.0 Å². The average Bonchev–Trinajstić information content (AvgIpc) is 2.84. The van der Waals surface area contributed by atoms with Crippen molar-refractivity contribution in [3.63, 3.8) is 0 Å². The molecule has 20 heavy (non-hydrogen) atoms. The number of furan rings is 1. The molecule has 2 aromatic rings. The summed E-state index contributed by atoms with van der Waals surface area (Å²) < 4.78 is 32.9. The second-order valence-electron chi connectivity index (χ2n) is 4.84. The third kappa shape index (κ3) is 3.25. The van der Waals surface area contributed by atoms with E-state index in [-0.39, 0.29) is 18.0 Å². The molecule has 108 valence electrons. The van der Waals surface area contributed by atoms with Crippen LogP contribution in [0.3, 0.4) is 0 Å². The first-order chi connectivity index (χ1) is 9.63. The van der Waals surface area contributed by atoms with Crippen molar-refractivity contribution in [2.24, 2.45) is 0 Å². The molecule has 0 fully saturated rings. The zero-order valence-electron chi connectivity index (χ0n) is 11.7. The van der Waals surface area contributed by atoms with Crippen LogP contribution in [-0.4, -0.2) is 6.54 Å². The summed E-state index contributed by atoms with van der Waals surface area (Å²) in [7, 11) is 0. The van der Waals surface area contributed by atoms with E-state index in [1.165, 1.54) is 18.2 Å². The van der Waals surface area contributed by atoms with Gasteiger partial charge in [0, 0.05) is 17.2 Å². The van der Waals surface area contributed by atoms with Gasteiger partial charge in [0.2, 0.25) is 0 Å². The van der Waals surface area contributed by atoms with Gasteiger partial charge >= 0.3 is 0 Å². The minimum Gasteiger partial charge on any atom is -0.469 e. The van der Waals surface area contributed by atoms with Crippen molar-refractivity contribution in [1.29, 1.82) is 0 Å². The molecule has 0 aliphatic rings. The van der Waals surface area contributed by atoms with Crippen molar-refractivity contribution in [1.82, 2.24) is 5.32 Å². The van der Waals surface area contributed by atoms with E-state index in [0.29, 0.717) is 0 Å². The molecule has 0 aliphatic carbocycles. The van der Waals surface area contributed by atoms with Crippen LogP contribution in [0.15, 0.2) is 34.9 Å². The van der Waals surface area contributed by atoms with Crippen LogP contribution in [-0.2, 0) is 6.42 Å². The van der Waals surface area contributed by atoms with Crippen LogP contribution in [0.4, 0.5) is 8.78 Å². The van der Waals surface area contributed by atoms with Crippen LogP contribution in [0, 0.1) is 18.6 Å². The Balaban J connectivity index is 2.26. The molecule has 1 heterocycles. The van der Waals surface area contributed by atoms with Gasteiger partial charge in [-0.25, -0.2) is 8.78 Å². The van der Waals surface area contributed by atoms with Gasteiger partial charge in [-0.05, 0) is 44.5 Å². The Morgan fingerprint density at radius 1 is 1.20 bits per heavy atom. The molecule has 2 rings (SSSR count). The van der Waals surface area contributed by atoms with Crippen molar-refractivity contribution < 1.29 is 13.2 Å². The number of nitrogens with one attached hydrogen (secondary N) is 1. The molecule has 1 atom stereocenters. The van der Waals surface area contributed by atoms with Crippen molar-refractivity contribution >= 4 is 0 Å². The van der Waals surface area contributed by atoms with E-state index in [9.17, 15) is 8.78 Å². The molecule has 2 nitrogen and oxygen atoms in total. The summed E-state index contributed by atoms with van der Waals surface area (Å²) in [5.41, 5.74) is 1.06. The highest BCUT2D eigenvalue weighted by atomic mass is 19.1. The molecule has 0 amide bonds. The second-order valence-corrected chi connectivity index (χ2v) is 4.84. The smallest absolute Gasteiger partial charge is 0.129 e. The summed E-state index contributed by atoms with van der Waals surface area (Å²) >= 11 is 0. The summed E-state index contributed by atoms with van der Waals surface area (Å²) in [4.78, 5) is 0. The topological polar surface area (TPSA) is 25.2 Å². The van der Waals surface area contributed by atoms with Crippen LogP contribution in [0.1, 0.15) is 36.3 Å². The molecule has 0 aliphatic heterocycles. The fourth-order valence-corrected chi connectivity index (χ4v) is 2.30. The summed E-state index contributed by atoms with van der Waals surface area (Å²) in [6.07, 6.45) is 2.81. The maximum absolute atomic E-state index is 13.8. The van der Waals surface area contributed by atoms with Gasteiger partial charge in [0.15, 0.2) is 0 Å². The monoisotopic (exact) mass is 279 g/mol. The fourth-order valence-electron chi connectivity index (χ4n) is 2.30. The summed E-state index contributed by atoms with van der Waals surface area (Å²) in [6.45, 7) is 4.69. The minimum atomic E-state index is -0.505. The third-order valence-electron chi connectivity index (χ3n) is 3.39. The molecular weight excluding hydrogens is 260 g/mol. The first-order valence-corrected chi connectivity index (χ1v) is 6.83. The van der Waals surface area contributed by atoms with Gasteiger partial charge in [-0.3, -0.25) is 0 Å². The van der Waals surface area contributed by atoms with Crippen LogP contribution < -0.4 is 5.32 Å². The Morgan fingerprint density at radius 2 is 1.90 bits per heavy atom. The number of aryl methyl sites for hydroxylation is 1. The predicted molar refractivity (Wildman–Crippen MR) is 74.5 cm³/mol. The molecule has 0 radical (unpaired) electrons. The highest BCUT2D eigenvalue weighted by Crippen LogP contribution is 2.25. The zero-order valence-corrected chi connectivity index (χ0v) is 11.7. The molecule has 0 spiro atoms. The van der Waals surface area contributed by atoms with Gasteiger partial charge in [0.05, 0.1) is 6.26 Å². The van der Waals surface area contributed by atoms with Gasteiger partial charge in [0.25, 0.3) is 0 Å². The first-order valence-electron chi connectivity index (χ1n) is 6.83. The largest absolute Gasteiger partial charge is 0.469 e. The average molecular weight is 279 g/mol. The SMILES string of the molecule is CCCNC(Cc1c(F)cccc1F)c1ccoc1C. The quantitative estimate of drug-likeness (QED) is 0.859. The van der Waals surface area contributed by atoms with Crippen LogP contribution >= 0.6 is 0 Å². The lowest BCUT2D eigenvalue weighted by molar-refractivity contribution is 0.474. The molecule has 1 unspecified atom stereocenters. The Kier molecular flexibility index (Phi) is 4.90. The van der Waals surface area contributed by atoms with Crippen molar-refractivity contribution in [2.75, 3.05) is 6.54 Å². The number of hydrogen-bond acceptors (Lipinski definition) is 2. The van der Waals surface area contributed by atoms with Crippen LogP contribution in [0.5, 0.6) is 0 Å². The van der Waals surface area contributed by atoms with Gasteiger partial charge in [0.1, 0.15) is 17.4 Å². The molecule has 1 N–H and O–H groups in total. The van der Waals surface area contributed by atoms with Gasteiger partial charge < -0.3 is 9.73 Å². The predicted octanol–water partition coefficient (Wildman–Crippen LogP) is 4.15. The lowest BCUT2D eigenvalue weighted by atomic mass is 9.98. The second kappa shape index (κ2) is 6.66. The molecular formula is C16H19F2NO. The summed E-state index contributed by atoms with van der Waals surface area (Å²) in [6, 6.07) is 5.66. The summed E-state index contributed by atoms with van der Waals surface area (Å²) in [5.74, 6) is -0.237. The Morgan fingerprint density at radius 3 is 2.45 bits per heavy atom. The van der Waals surface area contributed by atoms with E-state index in [4.69, 9.17) is 4.42 Å². The lowest BCUT2D eigenvalue weighted by Crippen LogP contribution is -2.25. The normalized spacial score (nSPS) is 12.6. The first kappa shape index (κ1) is 14.7. The van der Waals surface area contributed by atoms with E-state index in [1.807, 2.05) is 13.0 Å². The zero-order chi connectivity index (χ0) is 14.5. The Hall–Kier alpha value is -1.68. The minimum absolute atomic E-state index is 0.113. The number of hydrogen-bond donors (Lipinski definition) is 1. The number of rotatable bonds is 6. The van der Waals surface area contributed by atoms with E-state index in [2.05, 4.69) is 12.2 Å². The summed E-state index contributed by atoms with van der Waals surface area (Å²) in [5, 5.41) is 3.32. The standard InChI is InChI=1S/C16H19F2NO/c1-3-8-19-16(12-7-9-20-11(12)2)10-13-14(17)5-4-6-15(13)18/h4-7,9,16,19H,3,8,10H2,1-2H3. The van der Waals surface area contributed by atoms with Gasteiger partial charge in [-0.15, -0.1) is 0 Å². The van der Waals surface area contributed by atoms with Crippen LogP contribution in [0.2, 0.25) is 0 Å². The molecule has 1 aromatic carbocycles. The van der Waals surface area contributed by atoms with Crippen molar-refractivity contribution in [3.8, 4) is 0 Å². The van der Waals surface area contributed by atoms with Crippen molar-refractivity contribution in [3.05, 3.63) is 59.1 Å². The lowest BCUT2D eigenvalue weighted by Gasteiger charge is -2.19. The highest BCUT2D eigenvalue weighted by Gasteiger charge is 2.19. The molecule has 4 heteroatoms. The maximum Gasteiger partial charge on any atom is 0.129 e. The molecule has 0 bridgehead atoms. The van der Waals surface area contributed by atoms with Crippen molar-refractivity contribution in [2.45, 2.75) is 32.7 Å². The van der Waals surface area contributed by atoms with E-state index in [1.54, 1.807) is 6.26 Å². The third-order valence-corrected chi connectivity index (χ3v) is 3.39. The Labute approximate surface area is 117 Å². The van der Waals surface area contributed by atoms with Gasteiger partial charge in [-0.2, -0.15) is 0 Å². The maximum atomic E-state index is 13.8. The number of benzene rings is 1. The van der Waals surface area contributed by atoms with E-state index >= 15 is 0 Å². The molecule has 1 aromatic heterocycles. The Bertz CT molecular complexity index is 545. The van der Waals surface area contributed by atoms with E-state index in [0.717, 1.165) is 24.3 Å².